The molecule has 0 amide bonds. The van der Waals surface area contributed by atoms with E-state index in [1.165, 1.54) is 5.56 Å². The second kappa shape index (κ2) is 10.4. The van der Waals surface area contributed by atoms with Crippen LogP contribution in [0.1, 0.15) is 47.3 Å². The third kappa shape index (κ3) is 5.10. The molecule has 4 heteroatoms. The SMILES string of the molecule is CC(C)c1ccc(C(Nc2ccccc2)C(SC#N)C(=O)c2cccc3ccccc23)cc1. The molecule has 4 aromatic rings. The van der Waals surface area contributed by atoms with E-state index in [2.05, 4.69) is 48.8 Å². The van der Waals surface area contributed by atoms with Crippen LogP contribution < -0.4 is 5.32 Å². The summed E-state index contributed by atoms with van der Waals surface area (Å²) >= 11 is 1.01. The zero-order chi connectivity index (χ0) is 23.2. The number of carbonyl (C=O) groups excluding carboxylic acids is 1. The van der Waals surface area contributed by atoms with Crippen LogP contribution in [0.4, 0.5) is 5.69 Å². The highest BCUT2D eigenvalue weighted by Crippen LogP contribution is 2.34. The molecule has 0 radical (unpaired) electrons. The number of anilines is 1. The molecule has 4 rings (SSSR count). The first-order valence-corrected chi connectivity index (χ1v) is 11.9. The van der Waals surface area contributed by atoms with Crippen molar-refractivity contribution in [2.75, 3.05) is 5.32 Å². The zero-order valence-corrected chi connectivity index (χ0v) is 19.5. The largest absolute Gasteiger partial charge is 0.377 e. The van der Waals surface area contributed by atoms with Crippen molar-refractivity contribution < 1.29 is 4.79 Å². The molecule has 4 aromatic carbocycles. The average molecular weight is 451 g/mol. The lowest BCUT2D eigenvalue weighted by atomic mass is 9.92. The van der Waals surface area contributed by atoms with Gasteiger partial charge in [-0.1, -0.05) is 98.8 Å². The van der Waals surface area contributed by atoms with Crippen LogP contribution in [0.5, 0.6) is 0 Å². The molecule has 0 fully saturated rings. The Labute approximate surface area is 199 Å². The van der Waals surface area contributed by atoms with Gasteiger partial charge in [0.1, 0.15) is 10.7 Å². The van der Waals surface area contributed by atoms with Gasteiger partial charge in [0.05, 0.1) is 6.04 Å². The molecule has 0 heterocycles. The lowest BCUT2D eigenvalue weighted by molar-refractivity contribution is 0.0985. The van der Waals surface area contributed by atoms with E-state index in [9.17, 15) is 10.1 Å². The van der Waals surface area contributed by atoms with Gasteiger partial charge in [-0.3, -0.25) is 4.79 Å². The van der Waals surface area contributed by atoms with E-state index in [0.717, 1.165) is 33.8 Å². The second-order valence-corrected chi connectivity index (χ2v) is 9.26. The number of thioether (sulfide) groups is 1. The molecule has 0 aliphatic heterocycles. The topological polar surface area (TPSA) is 52.9 Å². The zero-order valence-electron chi connectivity index (χ0n) is 18.7. The van der Waals surface area contributed by atoms with Crippen molar-refractivity contribution >= 4 is 34.0 Å². The molecule has 0 aromatic heterocycles. The highest BCUT2D eigenvalue weighted by Gasteiger charge is 2.32. The minimum Gasteiger partial charge on any atom is -0.377 e. The number of carbonyl (C=O) groups is 1. The number of benzene rings is 4. The number of hydrogen-bond donors (Lipinski definition) is 1. The van der Waals surface area contributed by atoms with Gasteiger partial charge in [-0.15, -0.1) is 0 Å². The molecule has 0 saturated carbocycles. The van der Waals surface area contributed by atoms with Crippen LogP contribution in [0, 0.1) is 10.7 Å². The first kappa shape index (κ1) is 22.6. The van der Waals surface area contributed by atoms with Gasteiger partial charge in [0.25, 0.3) is 0 Å². The maximum Gasteiger partial charge on any atom is 0.179 e. The van der Waals surface area contributed by atoms with E-state index in [1.54, 1.807) is 0 Å². The van der Waals surface area contributed by atoms with E-state index in [1.807, 2.05) is 72.8 Å². The number of thiocyanates is 1. The van der Waals surface area contributed by atoms with Gasteiger partial charge in [0.2, 0.25) is 0 Å². The van der Waals surface area contributed by atoms with Gasteiger partial charge in [-0.2, -0.15) is 5.26 Å². The Kier molecular flexibility index (Phi) is 7.12. The fourth-order valence-corrected chi connectivity index (χ4v) is 4.77. The van der Waals surface area contributed by atoms with Crippen LogP contribution in [-0.2, 0) is 0 Å². The standard InChI is InChI=1S/C29H26N2OS/c1-20(2)21-15-17-23(18-16-21)27(31-24-11-4-3-5-12-24)29(33-19-30)28(32)26-14-8-10-22-9-6-7-13-25(22)26/h3-18,20,27,29,31H,1-2H3. The molecule has 0 spiro atoms. The fourth-order valence-electron chi connectivity index (χ4n) is 4.06. The van der Waals surface area contributed by atoms with Crippen molar-refractivity contribution in [3.05, 3.63) is 114 Å². The molecular weight excluding hydrogens is 424 g/mol. The summed E-state index contributed by atoms with van der Waals surface area (Å²) < 4.78 is 0. The van der Waals surface area contributed by atoms with E-state index in [-0.39, 0.29) is 11.8 Å². The summed E-state index contributed by atoms with van der Waals surface area (Å²) in [5.41, 5.74) is 3.76. The van der Waals surface area contributed by atoms with Crippen molar-refractivity contribution in [2.24, 2.45) is 0 Å². The van der Waals surface area contributed by atoms with E-state index >= 15 is 0 Å². The number of fused-ring (bicyclic) bond motifs is 1. The molecule has 1 N–H and O–H groups in total. The minimum atomic E-state index is -0.620. The lowest BCUT2D eigenvalue weighted by Gasteiger charge is -2.27. The Morgan fingerprint density at radius 3 is 2.15 bits per heavy atom. The van der Waals surface area contributed by atoms with Gasteiger partial charge in [0, 0.05) is 11.3 Å². The number of nitrogens with zero attached hydrogens (tertiary/aromatic N) is 1. The molecule has 2 atom stereocenters. The van der Waals surface area contributed by atoms with Crippen molar-refractivity contribution in [3.8, 4) is 5.40 Å². The summed E-state index contributed by atoms with van der Waals surface area (Å²) in [6.07, 6.45) is 0. The van der Waals surface area contributed by atoms with E-state index < -0.39 is 5.25 Å². The Bertz CT molecular complexity index is 1270. The van der Waals surface area contributed by atoms with Crippen LogP contribution in [-0.4, -0.2) is 11.0 Å². The Balaban J connectivity index is 1.79. The third-order valence-corrected chi connectivity index (χ3v) is 6.70. The molecule has 0 saturated heterocycles. The van der Waals surface area contributed by atoms with Crippen LogP contribution in [0.2, 0.25) is 0 Å². The molecule has 0 aliphatic carbocycles. The van der Waals surface area contributed by atoms with Crippen molar-refractivity contribution in [2.45, 2.75) is 31.1 Å². The second-order valence-electron chi connectivity index (χ2n) is 8.33. The Morgan fingerprint density at radius 2 is 1.45 bits per heavy atom. The van der Waals surface area contributed by atoms with Crippen molar-refractivity contribution in [3.63, 3.8) is 0 Å². The Morgan fingerprint density at radius 1 is 0.818 bits per heavy atom. The first-order chi connectivity index (χ1) is 16.1. The molecule has 33 heavy (non-hydrogen) atoms. The van der Waals surface area contributed by atoms with Crippen LogP contribution in [0.3, 0.4) is 0 Å². The number of ketones is 1. The lowest BCUT2D eigenvalue weighted by Crippen LogP contribution is -2.30. The average Bonchev–Trinajstić information content (AvgIpc) is 2.86. The Hall–Kier alpha value is -3.55. The van der Waals surface area contributed by atoms with Crippen LogP contribution >= 0.6 is 11.8 Å². The number of nitrogens with one attached hydrogen (secondary N) is 1. The number of rotatable bonds is 8. The number of para-hydroxylation sites is 1. The highest BCUT2D eigenvalue weighted by atomic mass is 32.2. The predicted octanol–water partition coefficient (Wildman–Crippen LogP) is 7.58. The molecule has 0 bridgehead atoms. The summed E-state index contributed by atoms with van der Waals surface area (Å²) in [5.74, 6) is 0.362. The molecule has 0 aliphatic rings. The highest BCUT2D eigenvalue weighted by molar-refractivity contribution is 8.05. The number of hydrogen-bond acceptors (Lipinski definition) is 4. The quantitative estimate of drug-likeness (QED) is 0.222. The van der Waals surface area contributed by atoms with Gasteiger partial charge in [-0.05, 0) is 51.7 Å². The van der Waals surface area contributed by atoms with E-state index in [4.69, 9.17) is 0 Å². The predicted molar refractivity (Wildman–Crippen MR) is 139 cm³/mol. The minimum absolute atomic E-state index is 0.0558. The molecule has 2 unspecified atom stereocenters. The van der Waals surface area contributed by atoms with E-state index in [0.29, 0.717) is 11.5 Å². The molecular formula is C29H26N2OS. The number of nitriles is 1. The summed E-state index contributed by atoms with van der Waals surface area (Å²) in [6, 6.07) is 31.4. The maximum atomic E-state index is 13.9. The molecule has 3 nitrogen and oxygen atoms in total. The summed E-state index contributed by atoms with van der Waals surface area (Å²) in [6.45, 7) is 4.32. The summed E-state index contributed by atoms with van der Waals surface area (Å²) in [5, 5.41) is 16.7. The van der Waals surface area contributed by atoms with Gasteiger partial charge >= 0.3 is 0 Å². The normalized spacial score (nSPS) is 12.8. The molecule has 164 valence electrons. The van der Waals surface area contributed by atoms with Gasteiger partial charge < -0.3 is 5.32 Å². The van der Waals surface area contributed by atoms with Crippen molar-refractivity contribution in [1.82, 2.24) is 0 Å². The van der Waals surface area contributed by atoms with Crippen molar-refractivity contribution in [1.29, 1.82) is 5.26 Å². The monoisotopic (exact) mass is 450 g/mol. The summed E-state index contributed by atoms with van der Waals surface area (Å²) in [7, 11) is 0. The van der Waals surface area contributed by atoms with Gasteiger partial charge in [-0.25, -0.2) is 0 Å². The maximum absolute atomic E-state index is 13.9. The van der Waals surface area contributed by atoms with Crippen LogP contribution in [0.15, 0.2) is 97.1 Å². The summed E-state index contributed by atoms with van der Waals surface area (Å²) in [4.78, 5) is 13.9. The number of Topliss-reactive ketones (excluding diaryl/α,β-unsaturated/α-hetero) is 1. The first-order valence-electron chi connectivity index (χ1n) is 11.1. The third-order valence-electron chi connectivity index (χ3n) is 5.85. The van der Waals surface area contributed by atoms with Gasteiger partial charge in [0.15, 0.2) is 5.78 Å². The smallest absolute Gasteiger partial charge is 0.179 e. The van der Waals surface area contributed by atoms with Crippen LogP contribution in [0.25, 0.3) is 10.8 Å². The fraction of sp³-hybridized carbons (Fsp3) is 0.172.